The molecule has 0 radical (unpaired) electrons. The monoisotopic (exact) mass is 424 g/mol. The Morgan fingerprint density at radius 3 is 2.25 bits per heavy atom. The molecular weight excluding hydrogens is 400 g/mol. The summed E-state index contributed by atoms with van der Waals surface area (Å²) in [6, 6.07) is 12.4. The second-order valence-corrected chi connectivity index (χ2v) is 7.89. The van der Waals surface area contributed by atoms with Gasteiger partial charge in [0.2, 0.25) is 0 Å². The minimum Gasteiger partial charge on any atom is -0.495 e. The average molecular weight is 425 g/mol. The first-order valence-electron chi connectivity index (χ1n) is 10.3. The number of methoxy groups -OCH3 is 1. The summed E-state index contributed by atoms with van der Waals surface area (Å²) in [5, 5.41) is 14.2. The largest absolute Gasteiger partial charge is 0.495 e. The number of aromatic nitrogens is 5. The molecule has 1 N–H and O–H groups in total. The van der Waals surface area contributed by atoms with Crippen LogP contribution in [0.25, 0.3) is 33.0 Å². The van der Waals surface area contributed by atoms with Gasteiger partial charge in [0.1, 0.15) is 11.6 Å². The number of aryl methyl sites for hydroxylation is 3. The maximum Gasteiger partial charge on any atom is 0.142 e. The fourth-order valence-corrected chi connectivity index (χ4v) is 4.01. The van der Waals surface area contributed by atoms with Crippen LogP contribution >= 0.6 is 0 Å². The van der Waals surface area contributed by atoms with Crippen LogP contribution in [0, 0.1) is 6.92 Å². The highest BCUT2D eigenvalue weighted by Crippen LogP contribution is 2.36. The van der Waals surface area contributed by atoms with Crippen LogP contribution in [0.4, 0.5) is 11.5 Å². The fraction of sp³-hybridized carbons (Fsp3) is 0.160. The Labute approximate surface area is 186 Å². The molecule has 3 aromatic heterocycles. The van der Waals surface area contributed by atoms with Crippen molar-refractivity contribution in [3.63, 3.8) is 0 Å². The Hall–Kier alpha value is -4.13. The number of nitrogens with zero attached hydrogens (tertiary/aromatic N) is 5. The van der Waals surface area contributed by atoms with Crippen molar-refractivity contribution in [1.29, 1.82) is 0 Å². The van der Waals surface area contributed by atoms with E-state index in [0.717, 1.165) is 55.8 Å². The van der Waals surface area contributed by atoms with Gasteiger partial charge in [-0.2, -0.15) is 10.2 Å². The molecule has 2 aromatic carbocycles. The van der Waals surface area contributed by atoms with Crippen molar-refractivity contribution in [1.82, 2.24) is 24.5 Å². The Morgan fingerprint density at radius 1 is 0.875 bits per heavy atom. The molecule has 7 heteroatoms. The van der Waals surface area contributed by atoms with Crippen molar-refractivity contribution in [2.24, 2.45) is 14.1 Å². The molecule has 0 saturated carbocycles. The molecule has 0 aliphatic carbocycles. The molecule has 0 bridgehead atoms. The first-order chi connectivity index (χ1) is 15.5. The summed E-state index contributed by atoms with van der Waals surface area (Å²) in [4.78, 5) is 4.63. The highest BCUT2D eigenvalue weighted by Gasteiger charge is 2.13. The summed E-state index contributed by atoms with van der Waals surface area (Å²) in [6.07, 6.45) is 9.65. The maximum absolute atomic E-state index is 5.70. The van der Waals surface area contributed by atoms with Gasteiger partial charge < -0.3 is 10.1 Å². The lowest BCUT2D eigenvalue weighted by atomic mass is 10.0. The number of hydrogen-bond acceptors (Lipinski definition) is 5. The van der Waals surface area contributed by atoms with Crippen LogP contribution in [0.1, 0.15) is 5.56 Å². The van der Waals surface area contributed by atoms with E-state index in [2.05, 4.69) is 51.7 Å². The average Bonchev–Trinajstić information content (AvgIpc) is 3.41. The smallest absolute Gasteiger partial charge is 0.142 e. The molecule has 0 amide bonds. The number of ether oxygens (including phenoxy) is 1. The second kappa shape index (κ2) is 7.85. The van der Waals surface area contributed by atoms with E-state index in [1.165, 1.54) is 0 Å². The molecule has 32 heavy (non-hydrogen) atoms. The maximum atomic E-state index is 5.70. The summed E-state index contributed by atoms with van der Waals surface area (Å²) in [5.74, 6) is 1.50. The van der Waals surface area contributed by atoms with Crippen molar-refractivity contribution < 1.29 is 4.74 Å². The van der Waals surface area contributed by atoms with Crippen LogP contribution in [0.2, 0.25) is 0 Å². The van der Waals surface area contributed by atoms with Crippen molar-refractivity contribution in [3.8, 4) is 28.0 Å². The van der Waals surface area contributed by atoms with Gasteiger partial charge in [-0.1, -0.05) is 18.2 Å². The summed E-state index contributed by atoms with van der Waals surface area (Å²) in [5.41, 5.74) is 6.33. The van der Waals surface area contributed by atoms with Gasteiger partial charge in [-0.25, -0.2) is 4.98 Å². The molecule has 0 aliphatic heterocycles. The lowest BCUT2D eigenvalue weighted by Crippen LogP contribution is -1.99. The van der Waals surface area contributed by atoms with Gasteiger partial charge in [0.05, 0.1) is 25.2 Å². The standard InChI is InChI=1S/C25H24N6O/c1-16-8-23(24(32-4)9-21(16)19-13-28-31(3)15-19)29-25-10-22-17(11-26-25)6-5-7-20(22)18-12-27-30(2)14-18/h5-15H,1-4H3,(H,26,29). The Kier molecular flexibility index (Phi) is 4.86. The topological polar surface area (TPSA) is 69.8 Å². The number of pyridine rings is 1. The number of nitrogens with one attached hydrogen (secondary N) is 1. The highest BCUT2D eigenvalue weighted by atomic mass is 16.5. The molecule has 0 saturated heterocycles. The first kappa shape index (κ1) is 19.8. The van der Waals surface area contributed by atoms with Gasteiger partial charge in [-0.05, 0) is 47.2 Å². The molecule has 160 valence electrons. The van der Waals surface area contributed by atoms with E-state index in [1.54, 1.807) is 11.8 Å². The van der Waals surface area contributed by atoms with E-state index in [9.17, 15) is 0 Å². The third kappa shape index (κ3) is 3.58. The zero-order valence-corrected chi connectivity index (χ0v) is 18.5. The van der Waals surface area contributed by atoms with E-state index in [0.29, 0.717) is 0 Å². The predicted octanol–water partition coefficient (Wildman–Crippen LogP) is 5.10. The number of benzene rings is 2. The quantitative estimate of drug-likeness (QED) is 0.425. The van der Waals surface area contributed by atoms with Crippen LogP contribution in [-0.2, 0) is 14.1 Å². The van der Waals surface area contributed by atoms with E-state index in [-0.39, 0.29) is 0 Å². The number of fused-ring (bicyclic) bond motifs is 1. The molecule has 0 spiro atoms. The molecule has 3 heterocycles. The normalized spacial score (nSPS) is 11.1. The number of anilines is 2. The van der Waals surface area contributed by atoms with E-state index in [1.807, 2.05) is 61.9 Å². The zero-order chi connectivity index (χ0) is 22.2. The Balaban J connectivity index is 1.55. The van der Waals surface area contributed by atoms with Crippen LogP contribution in [0.5, 0.6) is 5.75 Å². The van der Waals surface area contributed by atoms with Gasteiger partial charge in [0.25, 0.3) is 0 Å². The van der Waals surface area contributed by atoms with Crippen molar-refractivity contribution >= 4 is 22.3 Å². The van der Waals surface area contributed by atoms with Gasteiger partial charge >= 0.3 is 0 Å². The van der Waals surface area contributed by atoms with Gasteiger partial charge in [0.15, 0.2) is 0 Å². The first-order valence-corrected chi connectivity index (χ1v) is 10.3. The SMILES string of the molecule is COc1cc(-c2cnn(C)c2)c(C)cc1Nc1cc2c(-c3cnn(C)c3)cccc2cn1. The Bertz CT molecular complexity index is 1430. The third-order valence-electron chi connectivity index (χ3n) is 5.60. The van der Waals surface area contributed by atoms with Crippen LogP contribution < -0.4 is 10.1 Å². The van der Waals surface area contributed by atoms with Gasteiger partial charge in [0, 0.05) is 49.2 Å². The summed E-state index contributed by atoms with van der Waals surface area (Å²) in [7, 11) is 5.52. The minimum atomic E-state index is 0.747. The van der Waals surface area contributed by atoms with E-state index >= 15 is 0 Å². The van der Waals surface area contributed by atoms with Crippen molar-refractivity contribution in [2.45, 2.75) is 6.92 Å². The minimum absolute atomic E-state index is 0.747. The molecule has 5 rings (SSSR count). The van der Waals surface area contributed by atoms with Crippen LogP contribution in [-0.4, -0.2) is 31.7 Å². The third-order valence-corrected chi connectivity index (χ3v) is 5.60. The lowest BCUT2D eigenvalue weighted by molar-refractivity contribution is 0.417. The lowest BCUT2D eigenvalue weighted by Gasteiger charge is -2.15. The van der Waals surface area contributed by atoms with E-state index in [4.69, 9.17) is 4.74 Å². The Morgan fingerprint density at radius 2 is 1.59 bits per heavy atom. The van der Waals surface area contributed by atoms with Gasteiger partial charge in [-0.15, -0.1) is 0 Å². The molecule has 5 aromatic rings. The van der Waals surface area contributed by atoms with Crippen molar-refractivity contribution in [3.05, 3.63) is 72.9 Å². The van der Waals surface area contributed by atoms with Gasteiger partial charge in [-0.3, -0.25) is 9.36 Å². The number of hydrogen-bond donors (Lipinski definition) is 1. The summed E-state index contributed by atoms with van der Waals surface area (Å²) >= 11 is 0. The van der Waals surface area contributed by atoms with Crippen molar-refractivity contribution in [2.75, 3.05) is 12.4 Å². The van der Waals surface area contributed by atoms with Crippen LogP contribution in [0.3, 0.4) is 0 Å². The molecule has 0 fully saturated rings. The molecule has 7 nitrogen and oxygen atoms in total. The van der Waals surface area contributed by atoms with Crippen LogP contribution in [0.15, 0.2) is 67.4 Å². The molecular formula is C25H24N6O. The number of rotatable bonds is 5. The summed E-state index contributed by atoms with van der Waals surface area (Å²) in [6.45, 7) is 2.08. The van der Waals surface area contributed by atoms with E-state index < -0.39 is 0 Å². The zero-order valence-electron chi connectivity index (χ0n) is 18.5. The second-order valence-electron chi connectivity index (χ2n) is 7.89. The highest BCUT2D eigenvalue weighted by molar-refractivity contribution is 5.97. The molecule has 0 atom stereocenters. The predicted molar refractivity (Wildman–Crippen MR) is 127 cm³/mol. The summed E-state index contributed by atoms with van der Waals surface area (Å²) < 4.78 is 9.31. The molecule has 0 unspecified atom stereocenters. The molecule has 0 aliphatic rings. The fourth-order valence-electron chi connectivity index (χ4n) is 4.01.